The third-order valence-corrected chi connectivity index (χ3v) is 1.95. The lowest BCUT2D eigenvalue weighted by Gasteiger charge is -1.87. The minimum absolute atomic E-state index is 0.271. The van der Waals surface area contributed by atoms with Crippen molar-refractivity contribution in [3.8, 4) is 0 Å². The van der Waals surface area contributed by atoms with Crippen LogP contribution in [0.25, 0.3) is 0 Å². The topological polar surface area (TPSA) is 80.2 Å². The summed E-state index contributed by atoms with van der Waals surface area (Å²) in [4.78, 5) is 0. The zero-order chi connectivity index (χ0) is 7.61. The van der Waals surface area contributed by atoms with Gasteiger partial charge in [0.25, 0.3) is 10.1 Å². The summed E-state index contributed by atoms with van der Waals surface area (Å²) in [6.45, 7) is 0. The van der Waals surface area contributed by atoms with E-state index in [0.29, 0.717) is 0 Å². The summed E-state index contributed by atoms with van der Waals surface area (Å²) in [5, 5.41) is 4.90. The molecular weight excluding hydrogens is 176 g/mol. The second kappa shape index (κ2) is 2.60. The number of nitrogens with zero attached hydrogens (tertiary/aromatic N) is 2. The third-order valence-electron chi connectivity index (χ3n) is 0.735. The molecule has 0 bridgehead atoms. The van der Waals surface area contributed by atoms with Crippen molar-refractivity contribution >= 4 is 21.7 Å². The lowest BCUT2D eigenvalue weighted by Crippen LogP contribution is -2.01. The molecule has 0 radical (unpaired) electrons. The van der Waals surface area contributed by atoms with Crippen molar-refractivity contribution in [2.45, 2.75) is 5.75 Å². The summed E-state index contributed by atoms with van der Waals surface area (Å²) in [5.74, 6) is -0.455. The van der Waals surface area contributed by atoms with Crippen LogP contribution in [-0.2, 0) is 15.9 Å². The molecule has 1 rings (SSSR count). The van der Waals surface area contributed by atoms with Gasteiger partial charge in [0.05, 0.1) is 5.69 Å². The summed E-state index contributed by atoms with van der Waals surface area (Å²) in [6, 6.07) is 0. The average molecular weight is 180 g/mol. The first-order valence-corrected chi connectivity index (χ1v) is 4.73. The van der Waals surface area contributed by atoms with E-state index in [0.717, 1.165) is 11.5 Å². The molecule has 5 nitrogen and oxygen atoms in total. The first kappa shape index (κ1) is 7.58. The molecule has 1 N–H and O–H groups in total. The van der Waals surface area contributed by atoms with Crippen molar-refractivity contribution < 1.29 is 13.0 Å². The van der Waals surface area contributed by atoms with Gasteiger partial charge in [-0.15, -0.1) is 5.10 Å². The van der Waals surface area contributed by atoms with Gasteiger partial charge in [-0.1, -0.05) is 4.49 Å². The highest BCUT2D eigenvalue weighted by molar-refractivity contribution is 7.85. The van der Waals surface area contributed by atoms with Crippen LogP contribution >= 0.6 is 11.5 Å². The lowest BCUT2D eigenvalue weighted by atomic mass is 10.6. The van der Waals surface area contributed by atoms with Gasteiger partial charge in [-0.2, -0.15) is 8.42 Å². The predicted molar refractivity (Wildman–Crippen MR) is 35.2 cm³/mol. The minimum atomic E-state index is -3.94. The standard InChI is InChI=1S/C3H4N2O3S2/c6-10(7,8)2-3-1-9-5-4-3/h1H,2H2,(H,6,7,8). The molecule has 1 aromatic rings. The minimum Gasteiger partial charge on any atom is -0.285 e. The number of hydrogen-bond donors (Lipinski definition) is 1. The molecule has 0 aromatic carbocycles. The van der Waals surface area contributed by atoms with Crippen molar-refractivity contribution in [1.82, 2.24) is 9.59 Å². The van der Waals surface area contributed by atoms with E-state index < -0.39 is 15.9 Å². The largest absolute Gasteiger partial charge is 0.285 e. The molecule has 0 saturated carbocycles. The Morgan fingerprint density at radius 3 is 2.80 bits per heavy atom. The van der Waals surface area contributed by atoms with E-state index in [1.165, 1.54) is 5.38 Å². The normalized spacial score (nSPS) is 11.7. The number of hydrogen-bond acceptors (Lipinski definition) is 5. The number of aromatic nitrogens is 2. The van der Waals surface area contributed by atoms with Gasteiger partial charge < -0.3 is 0 Å². The van der Waals surface area contributed by atoms with E-state index in [-0.39, 0.29) is 5.69 Å². The molecule has 10 heavy (non-hydrogen) atoms. The molecule has 0 fully saturated rings. The van der Waals surface area contributed by atoms with Crippen LogP contribution in [0, 0.1) is 0 Å². The molecule has 7 heteroatoms. The van der Waals surface area contributed by atoms with Gasteiger partial charge >= 0.3 is 0 Å². The lowest BCUT2D eigenvalue weighted by molar-refractivity contribution is 0.481. The van der Waals surface area contributed by atoms with Crippen LogP contribution in [0.1, 0.15) is 5.69 Å². The van der Waals surface area contributed by atoms with Gasteiger partial charge in [-0.05, 0) is 11.5 Å². The predicted octanol–water partition coefficient (Wildman–Crippen LogP) is -0.0741. The Hall–Kier alpha value is -0.530. The molecule has 0 unspecified atom stereocenters. The van der Waals surface area contributed by atoms with E-state index in [2.05, 4.69) is 9.59 Å². The SMILES string of the molecule is O=S(=O)(O)Cc1csnn1. The highest BCUT2D eigenvalue weighted by Crippen LogP contribution is 2.01. The third kappa shape index (κ3) is 2.38. The number of rotatable bonds is 2. The molecule has 0 aliphatic heterocycles. The average Bonchev–Trinajstić information content (AvgIpc) is 2.12. The monoisotopic (exact) mass is 180 g/mol. The van der Waals surface area contributed by atoms with E-state index in [9.17, 15) is 8.42 Å². The molecule has 0 amide bonds. The van der Waals surface area contributed by atoms with Crippen molar-refractivity contribution in [2.75, 3.05) is 0 Å². The first-order valence-electron chi connectivity index (χ1n) is 2.29. The quantitative estimate of drug-likeness (QED) is 0.644. The zero-order valence-electron chi connectivity index (χ0n) is 4.76. The van der Waals surface area contributed by atoms with Gasteiger partial charge in [0.2, 0.25) is 0 Å². The van der Waals surface area contributed by atoms with Crippen molar-refractivity contribution in [3.05, 3.63) is 11.1 Å². The molecular formula is C3H4N2O3S2. The van der Waals surface area contributed by atoms with Crippen LogP contribution in [0.4, 0.5) is 0 Å². The Morgan fingerprint density at radius 1 is 1.70 bits per heavy atom. The second-order valence-electron chi connectivity index (χ2n) is 1.62. The van der Waals surface area contributed by atoms with E-state index in [1.54, 1.807) is 0 Å². The second-order valence-corrected chi connectivity index (χ2v) is 3.68. The molecule has 0 aliphatic carbocycles. The molecule has 56 valence electrons. The van der Waals surface area contributed by atoms with Gasteiger partial charge in [0, 0.05) is 5.38 Å². The maximum absolute atomic E-state index is 10.2. The molecule has 0 saturated heterocycles. The van der Waals surface area contributed by atoms with Gasteiger partial charge in [0.15, 0.2) is 0 Å². The Morgan fingerprint density at radius 2 is 2.40 bits per heavy atom. The summed E-state index contributed by atoms with van der Waals surface area (Å²) in [7, 11) is -3.94. The molecule has 1 heterocycles. The Balaban J connectivity index is 2.75. The molecule has 0 aliphatic rings. The van der Waals surface area contributed by atoms with E-state index >= 15 is 0 Å². The first-order chi connectivity index (χ1) is 4.58. The fraction of sp³-hybridized carbons (Fsp3) is 0.333. The van der Waals surface area contributed by atoms with Crippen molar-refractivity contribution in [3.63, 3.8) is 0 Å². The maximum atomic E-state index is 10.2. The van der Waals surface area contributed by atoms with E-state index in [1.807, 2.05) is 0 Å². The van der Waals surface area contributed by atoms with Crippen LogP contribution in [0.15, 0.2) is 5.38 Å². The van der Waals surface area contributed by atoms with Gasteiger partial charge in [-0.3, -0.25) is 4.55 Å². The zero-order valence-corrected chi connectivity index (χ0v) is 6.39. The van der Waals surface area contributed by atoms with Crippen LogP contribution in [0.3, 0.4) is 0 Å². The van der Waals surface area contributed by atoms with Crippen LogP contribution in [0.5, 0.6) is 0 Å². The molecule has 0 spiro atoms. The smallest absolute Gasteiger partial charge is 0.270 e. The fourth-order valence-electron chi connectivity index (χ4n) is 0.434. The van der Waals surface area contributed by atoms with Gasteiger partial charge in [0.1, 0.15) is 5.75 Å². The highest BCUT2D eigenvalue weighted by atomic mass is 32.2. The summed E-state index contributed by atoms with van der Waals surface area (Å²) < 4.78 is 32.1. The fourth-order valence-corrected chi connectivity index (χ4v) is 1.51. The van der Waals surface area contributed by atoms with Crippen molar-refractivity contribution in [1.29, 1.82) is 0 Å². The Bertz CT molecular complexity index is 290. The van der Waals surface area contributed by atoms with Crippen molar-refractivity contribution in [2.24, 2.45) is 0 Å². The summed E-state index contributed by atoms with van der Waals surface area (Å²) in [6.07, 6.45) is 0. The van der Waals surface area contributed by atoms with E-state index in [4.69, 9.17) is 4.55 Å². The van der Waals surface area contributed by atoms with Crippen LogP contribution < -0.4 is 0 Å². The van der Waals surface area contributed by atoms with Crippen LogP contribution in [0.2, 0.25) is 0 Å². The maximum Gasteiger partial charge on any atom is 0.270 e. The Labute approximate surface area is 61.6 Å². The van der Waals surface area contributed by atoms with Crippen LogP contribution in [-0.4, -0.2) is 22.6 Å². The highest BCUT2D eigenvalue weighted by Gasteiger charge is 2.07. The molecule has 0 atom stereocenters. The van der Waals surface area contributed by atoms with Gasteiger partial charge in [-0.25, -0.2) is 0 Å². The Kier molecular flexibility index (Phi) is 1.97. The summed E-state index contributed by atoms with van der Waals surface area (Å²) in [5.41, 5.74) is 0.271. The summed E-state index contributed by atoms with van der Waals surface area (Å²) >= 11 is 1.04. The molecule has 1 aromatic heterocycles.